The van der Waals surface area contributed by atoms with Gasteiger partial charge in [0.15, 0.2) is 0 Å². The lowest BCUT2D eigenvalue weighted by molar-refractivity contribution is -0.384. The van der Waals surface area contributed by atoms with Crippen molar-refractivity contribution in [3.63, 3.8) is 0 Å². The van der Waals surface area contributed by atoms with E-state index in [2.05, 4.69) is 21.2 Å². The number of non-ortho nitro benzene ring substituents is 1. The van der Waals surface area contributed by atoms with E-state index in [1.165, 1.54) is 18.2 Å². The summed E-state index contributed by atoms with van der Waals surface area (Å²) < 4.78 is 0.873. The number of hydrogen-bond acceptors (Lipinski definition) is 6. The molecule has 0 radical (unpaired) electrons. The van der Waals surface area contributed by atoms with Crippen LogP contribution in [0.1, 0.15) is 5.56 Å². The minimum atomic E-state index is -0.508. The fraction of sp³-hybridized carbons (Fsp3) is 0.0588. The van der Waals surface area contributed by atoms with E-state index in [0.717, 1.165) is 26.7 Å². The lowest BCUT2D eigenvalue weighted by atomic mass is 10.2. The van der Waals surface area contributed by atoms with Crippen LogP contribution in [0.5, 0.6) is 0 Å². The number of hydrogen-bond donors (Lipinski definition) is 1. The molecule has 0 atom stereocenters. The molecule has 1 N–H and O–H groups in total. The van der Waals surface area contributed by atoms with Gasteiger partial charge in [0.1, 0.15) is 0 Å². The van der Waals surface area contributed by atoms with E-state index in [1.54, 1.807) is 12.1 Å². The van der Waals surface area contributed by atoms with Crippen LogP contribution in [0, 0.1) is 10.1 Å². The fourth-order valence-electron chi connectivity index (χ4n) is 2.28. The first-order valence-electron chi connectivity index (χ1n) is 7.43. The standard InChI is InChI=1S/C17H12BrN3O4S/c18-12-4-1-3-11(7-12)8-15-16(22)20(17(23)26-15)10-19-13-5-2-6-14(9-13)21(24)25/h1-9,19H,10H2/b15-8+. The number of imide groups is 1. The molecule has 7 nitrogen and oxygen atoms in total. The minimum absolute atomic E-state index is 0.0678. The van der Waals surface area contributed by atoms with Crippen LogP contribution in [-0.4, -0.2) is 27.6 Å². The Labute approximate surface area is 161 Å². The zero-order chi connectivity index (χ0) is 18.7. The summed E-state index contributed by atoms with van der Waals surface area (Å²) in [4.78, 5) is 36.3. The van der Waals surface area contributed by atoms with Gasteiger partial charge >= 0.3 is 0 Å². The summed E-state index contributed by atoms with van der Waals surface area (Å²) in [5.74, 6) is -0.405. The molecule has 1 aliphatic heterocycles. The number of anilines is 1. The van der Waals surface area contributed by atoms with Gasteiger partial charge in [0, 0.05) is 22.3 Å². The Balaban J connectivity index is 1.71. The van der Waals surface area contributed by atoms with Crippen molar-refractivity contribution in [1.29, 1.82) is 0 Å². The SMILES string of the molecule is O=C1S/C(=C/c2cccc(Br)c2)C(=O)N1CNc1cccc([N+](=O)[O-])c1. The number of carbonyl (C=O) groups is 2. The van der Waals surface area contributed by atoms with Crippen molar-refractivity contribution < 1.29 is 14.5 Å². The molecule has 1 aliphatic rings. The molecule has 0 bridgehead atoms. The van der Waals surface area contributed by atoms with Gasteiger partial charge in [-0.05, 0) is 41.6 Å². The van der Waals surface area contributed by atoms with Gasteiger partial charge in [-0.1, -0.05) is 34.1 Å². The third kappa shape index (κ3) is 4.12. The topological polar surface area (TPSA) is 92.6 Å². The second kappa shape index (κ2) is 7.71. The number of halogens is 1. The number of nitrogens with zero attached hydrogens (tertiary/aromatic N) is 2. The Kier molecular flexibility index (Phi) is 5.38. The largest absolute Gasteiger partial charge is 0.367 e. The zero-order valence-electron chi connectivity index (χ0n) is 13.2. The third-order valence-electron chi connectivity index (χ3n) is 3.52. The highest BCUT2D eigenvalue weighted by atomic mass is 79.9. The van der Waals surface area contributed by atoms with Gasteiger partial charge in [0.05, 0.1) is 16.5 Å². The van der Waals surface area contributed by atoms with Crippen LogP contribution >= 0.6 is 27.7 Å². The lowest BCUT2D eigenvalue weighted by Gasteiger charge is -2.14. The highest BCUT2D eigenvalue weighted by molar-refractivity contribution is 9.10. The molecule has 1 fully saturated rings. The molecule has 132 valence electrons. The molecule has 2 aromatic rings. The van der Waals surface area contributed by atoms with E-state index in [4.69, 9.17) is 0 Å². The molecule has 0 spiro atoms. The predicted molar refractivity (Wildman–Crippen MR) is 104 cm³/mol. The molecule has 0 aliphatic carbocycles. The number of nitro benzene ring substituents is 1. The van der Waals surface area contributed by atoms with Crippen LogP contribution in [0.25, 0.3) is 6.08 Å². The molecule has 1 saturated heterocycles. The third-order valence-corrected chi connectivity index (χ3v) is 4.92. The molecular formula is C17H12BrN3O4S. The van der Waals surface area contributed by atoms with Crippen molar-refractivity contribution in [3.8, 4) is 0 Å². The van der Waals surface area contributed by atoms with Gasteiger partial charge < -0.3 is 5.32 Å². The molecule has 3 rings (SSSR count). The van der Waals surface area contributed by atoms with E-state index in [0.29, 0.717) is 10.6 Å². The van der Waals surface area contributed by atoms with Crippen LogP contribution in [0.15, 0.2) is 57.9 Å². The van der Waals surface area contributed by atoms with Gasteiger partial charge in [-0.15, -0.1) is 0 Å². The van der Waals surface area contributed by atoms with E-state index in [9.17, 15) is 19.7 Å². The van der Waals surface area contributed by atoms with Crippen LogP contribution in [0.2, 0.25) is 0 Å². The normalized spacial score (nSPS) is 15.6. The van der Waals surface area contributed by atoms with Crippen LogP contribution in [-0.2, 0) is 4.79 Å². The molecule has 0 saturated carbocycles. The Morgan fingerprint density at radius 3 is 2.69 bits per heavy atom. The van der Waals surface area contributed by atoms with Crippen molar-refractivity contribution in [2.75, 3.05) is 12.0 Å². The quantitative estimate of drug-likeness (QED) is 0.424. The molecule has 9 heteroatoms. The summed E-state index contributed by atoms with van der Waals surface area (Å²) in [6.45, 7) is -0.0678. The second-order valence-electron chi connectivity index (χ2n) is 5.31. The van der Waals surface area contributed by atoms with Crippen LogP contribution in [0.4, 0.5) is 16.2 Å². The van der Waals surface area contributed by atoms with Crippen molar-refractivity contribution >= 4 is 56.3 Å². The molecule has 0 aromatic heterocycles. The van der Waals surface area contributed by atoms with Gasteiger partial charge in [0.2, 0.25) is 0 Å². The van der Waals surface area contributed by atoms with Crippen molar-refractivity contribution in [2.45, 2.75) is 0 Å². The monoisotopic (exact) mass is 433 g/mol. The Morgan fingerprint density at radius 1 is 1.19 bits per heavy atom. The van der Waals surface area contributed by atoms with E-state index in [-0.39, 0.29) is 12.4 Å². The van der Waals surface area contributed by atoms with Gasteiger partial charge in [-0.3, -0.25) is 24.6 Å². The molecule has 0 unspecified atom stereocenters. The van der Waals surface area contributed by atoms with Crippen molar-refractivity contribution in [1.82, 2.24) is 4.90 Å². The molecule has 2 amide bonds. The predicted octanol–water partition coefficient (Wildman–Crippen LogP) is 4.46. The number of rotatable bonds is 5. The number of amides is 2. The molecular weight excluding hydrogens is 422 g/mol. The van der Waals surface area contributed by atoms with E-state index < -0.39 is 16.1 Å². The van der Waals surface area contributed by atoms with Gasteiger partial charge in [-0.2, -0.15) is 0 Å². The zero-order valence-corrected chi connectivity index (χ0v) is 15.6. The number of benzene rings is 2. The maximum absolute atomic E-state index is 12.5. The molecule has 1 heterocycles. The minimum Gasteiger partial charge on any atom is -0.367 e. The summed E-state index contributed by atoms with van der Waals surface area (Å²) in [6, 6.07) is 13.2. The Hall–Kier alpha value is -2.65. The van der Waals surface area contributed by atoms with Crippen molar-refractivity contribution in [3.05, 3.63) is 73.6 Å². The Morgan fingerprint density at radius 2 is 1.96 bits per heavy atom. The summed E-state index contributed by atoms with van der Waals surface area (Å²) in [5.41, 5.74) is 1.18. The highest BCUT2D eigenvalue weighted by Crippen LogP contribution is 2.32. The summed E-state index contributed by atoms with van der Waals surface area (Å²) in [6.07, 6.45) is 1.66. The number of nitrogens with one attached hydrogen (secondary N) is 1. The second-order valence-corrected chi connectivity index (χ2v) is 7.22. The maximum Gasteiger partial charge on any atom is 0.295 e. The van der Waals surface area contributed by atoms with Gasteiger partial charge in [-0.25, -0.2) is 0 Å². The maximum atomic E-state index is 12.5. The average molecular weight is 434 g/mol. The summed E-state index contributed by atoms with van der Waals surface area (Å²) in [5, 5.41) is 13.3. The van der Waals surface area contributed by atoms with Crippen molar-refractivity contribution in [2.24, 2.45) is 0 Å². The van der Waals surface area contributed by atoms with Gasteiger partial charge in [0.25, 0.3) is 16.8 Å². The van der Waals surface area contributed by atoms with Crippen LogP contribution < -0.4 is 5.32 Å². The number of thioether (sulfide) groups is 1. The van der Waals surface area contributed by atoms with E-state index in [1.807, 2.05) is 24.3 Å². The molecule has 26 heavy (non-hydrogen) atoms. The highest BCUT2D eigenvalue weighted by Gasteiger charge is 2.34. The average Bonchev–Trinajstić information content (AvgIpc) is 2.87. The molecule has 2 aromatic carbocycles. The van der Waals surface area contributed by atoms with Crippen LogP contribution in [0.3, 0.4) is 0 Å². The van der Waals surface area contributed by atoms with E-state index >= 15 is 0 Å². The smallest absolute Gasteiger partial charge is 0.295 e. The first-order valence-corrected chi connectivity index (χ1v) is 9.04. The Bertz CT molecular complexity index is 932. The lowest BCUT2D eigenvalue weighted by Crippen LogP contribution is -2.33. The summed E-state index contributed by atoms with van der Waals surface area (Å²) in [7, 11) is 0. The first-order chi connectivity index (χ1) is 12.4. The summed E-state index contributed by atoms with van der Waals surface area (Å²) >= 11 is 4.22. The number of carbonyl (C=O) groups excluding carboxylic acids is 2. The first kappa shape index (κ1) is 18.2. The number of nitro groups is 1. The fourth-order valence-corrected chi connectivity index (χ4v) is 3.54.